The summed E-state index contributed by atoms with van der Waals surface area (Å²) in [5.74, 6) is 0. The van der Waals surface area contributed by atoms with E-state index in [1.165, 1.54) is 0 Å². The van der Waals surface area contributed by atoms with Crippen molar-refractivity contribution in [2.24, 2.45) is 7.05 Å². The fourth-order valence-corrected chi connectivity index (χ4v) is 1.94. The minimum Gasteiger partial charge on any atom is -0.383 e. The van der Waals surface area contributed by atoms with Crippen molar-refractivity contribution in [3.8, 4) is 0 Å². The lowest BCUT2D eigenvalue weighted by molar-refractivity contribution is 0.425. The van der Waals surface area contributed by atoms with Gasteiger partial charge in [0.2, 0.25) is 0 Å². The van der Waals surface area contributed by atoms with Gasteiger partial charge in [-0.25, -0.2) is 4.98 Å². The smallest absolute Gasteiger partial charge is 0.159 e. The molecule has 2 aromatic heterocycles. The van der Waals surface area contributed by atoms with Crippen molar-refractivity contribution >= 4 is 16.7 Å². The zero-order chi connectivity index (χ0) is 12.4. The van der Waals surface area contributed by atoms with Crippen LogP contribution in [0.5, 0.6) is 0 Å². The van der Waals surface area contributed by atoms with Crippen molar-refractivity contribution in [3.63, 3.8) is 0 Å². The fraction of sp³-hybridized carbons (Fsp3) is 0.500. The fourth-order valence-electron chi connectivity index (χ4n) is 1.94. The molecule has 2 aromatic rings. The normalized spacial score (nSPS) is 11.4. The molecule has 5 heteroatoms. The van der Waals surface area contributed by atoms with Crippen molar-refractivity contribution in [3.05, 3.63) is 18.0 Å². The quantitative estimate of drug-likeness (QED) is 0.863. The van der Waals surface area contributed by atoms with Gasteiger partial charge < -0.3 is 10.2 Å². The molecule has 0 aliphatic rings. The zero-order valence-electron chi connectivity index (χ0n) is 10.9. The van der Waals surface area contributed by atoms with Gasteiger partial charge in [-0.2, -0.15) is 5.10 Å². The van der Waals surface area contributed by atoms with E-state index in [4.69, 9.17) is 0 Å². The summed E-state index contributed by atoms with van der Waals surface area (Å²) in [6.07, 6.45) is 1.82. The summed E-state index contributed by atoms with van der Waals surface area (Å²) >= 11 is 0. The molecule has 0 aromatic carbocycles. The highest BCUT2D eigenvalue weighted by Crippen LogP contribution is 2.23. The Balaban J connectivity index is 2.28. The van der Waals surface area contributed by atoms with Crippen molar-refractivity contribution in [2.75, 3.05) is 32.5 Å². The first-order valence-corrected chi connectivity index (χ1v) is 5.76. The topological polar surface area (TPSA) is 46.0 Å². The van der Waals surface area contributed by atoms with E-state index < -0.39 is 0 Å². The van der Waals surface area contributed by atoms with Gasteiger partial charge in [-0.15, -0.1) is 0 Å². The Morgan fingerprint density at radius 1 is 1.41 bits per heavy atom. The van der Waals surface area contributed by atoms with Crippen LogP contribution in [0.3, 0.4) is 0 Å². The van der Waals surface area contributed by atoms with Gasteiger partial charge in [0.1, 0.15) is 0 Å². The number of hydrogen-bond donors (Lipinski definition) is 1. The van der Waals surface area contributed by atoms with Crippen LogP contribution < -0.4 is 5.32 Å². The van der Waals surface area contributed by atoms with Crippen LogP contribution in [-0.4, -0.2) is 46.8 Å². The van der Waals surface area contributed by atoms with Crippen LogP contribution >= 0.6 is 0 Å². The van der Waals surface area contributed by atoms with Crippen molar-refractivity contribution < 1.29 is 0 Å². The molecule has 0 unspecified atom stereocenters. The Kier molecular flexibility index (Phi) is 3.28. The second-order valence-corrected chi connectivity index (χ2v) is 4.50. The van der Waals surface area contributed by atoms with Crippen LogP contribution in [0.1, 0.15) is 5.69 Å². The SMILES string of the molecule is Cc1nn(C)c2nccc(NCCN(C)C)c12. The molecular formula is C12H19N5. The number of nitrogens with zero attached hydrogens (tertiary/aromatic N) is 4. The first kappa shape index (κ1) is 11.9. The second kappa shape index (κ2) is 4.71. The summed E-state index contributed by atoms with van der Waals surface area (Å²) in [5.41, 5.74) is 3.06. The van der Waals surface area contributed by atoms with Gasteiger partial charge in [0, 0.05) is 32.0 Å². The molecule has 2 heterocycles. The van der Waals surface area contributed by atoms with Gasteiger partial charge in [-0.1, -0.05) is 0 Å². The van der Waals surface area contributed by atoms with Crippen molar-refractivity contribution in [1.82, 2.24) is 19.7 Å². The molecule has 0 saturated heterocycles. The maximum Gasteiger partial charge on any atom is 0.159 e. The summed E-state index contributed by atoms with van der Waals surface area (Å²) in [4.78, 5) is 6.51. The highest BCUT2D eigenvalue weighted by Gasteiger charge is 2.09. The molecule has 1 N–H and O–H groups in total. The molecule has 0 amide bonds. The molecule has 0 aliphatic heterocycles. The molecular weight excluding hydrogens is 214 g/mol. The molecule has 0 aliphatic carbocycles. The average Bonchev–Trinajstić information content (AvgIpc) is 2.55. The highest BCUT2D eigenvalue weighted by atomic mass is 15.3. The summed E-state index contributed by atoms with van der Waals surface area (Å²) in [7, 11) is 6.06. The monoisotopic (exact) mass is 233 g/mol. The van der Waals surface area contributed by atoms with Gasteiger partial charge in [-0.05, 0) is 27.1 Å². The largest absolute Gasteiger partial charge is 0.383 e. The number of rotatable bonds is 4. The van der Waals surface area contributed by atoms with E-state index in [1.54, 1.807) is 0 Å². The van der Waals surface area contributed by atoms with Crippen molar-refractivity contribution in [1.29, 1.82) is 0 Å². The van der Waals surface area contributed by atoms with Gasteiger partial charge in [-0.3, -0.25) is 4.68 Å². The Morgan fingerprint density at radius 2 is 2.18 bits per heavy atom. The van der Waals surface area contributed by atoms with Crippen LogP contribution in [0.15, 0.2) is 12.3 Å². The van der Waals surface area contributed by atoms with Crippen LogP contribution in [0.2, 0.25) is 0 Å². The van der Waals surface area contributed by atoms with E-state index in [0.29, 0.717) is 0 Å². The molecule has 5 nitrogen and oxygen atoms in total. The first-order valence-electron chi connectivity index (χ1n) is 5.76. The minimum absolute atomic E-state index is 0.917. The number of hydrogen-bond acceptors (Lipinski definition) is 4. The lowest BCUT2D eigenvalue weighted by atomic mass is 10.2. The molecule has 0 fully saturated rings. The molecule has 0 atom stereocenters. The van der Waals surface area contributed by atoms with E-state index in [2.05, 4.69) is 34.4 Å². The summed E-state index contributed by atoms with van der Waals surface area (Å²) in [6.45, 7) is 3.94. The van der Waals surface area contributed by atoms with Gasteiger partial charge in [0.05, 0.1) is 11.1 Å². The summed E-state index contributed by atoms with van der Waals surface area (Å²) in [6, 6.07) is 2.01. The average molecular weight is 233 g/mol. The lowest BCUT2D eigenvalue weighted by Gasteiger charge is -2.12. The minimum atomic E-state index is 0.917. The van der Waals surface area contributed by atoms with E-state index in [9.17, 15) is 0 Å². The molecule has 0 saturated carbocycles. The molecule has 2 rings (SSSR count). The molecule has 17 heavy (non-hydrogen) atoms. The third kappa shape index (κ3) is 2.39. The van der Waals surface area contributed by atoms with Crippen LogP contribution in [0.25, 0.3) is 11.0 Å². The predicted molar refractivity (Wildman–Crippen MR) is 70.3 cm³/mol. The number of nitrogens with one attached hydrogen (secondary N) is 1. The Hall–Kier alpha value is -1.62. The summed E-state index contributed by atoms with van der Waals surface area (Å²) < 4.78 is 1.82. The highest BCUT2D eigenvalue weighted by molar-refractivity contribution is 5.91. The lowest BCUT2D eigenvalue weighted by Crippen LogP contribution is -2.20. The van der Waals surface area contributed by atoms with Gasteiger partial charge in [0.25, 0.3) is 0 Å². The Labute approximate surface area is 101 Å². The number of fused-ring (bicyclic) bond motifs is 1. The van der Waals surface area contributed by atoms with Gasteiger partial charge >= 0.3 is 0 Å². The predicted octanol–water partition coefficient (Wildman–Crippen LogP) is 1.25. The van der Waals surface area contributed by atoms with E-state index in [0.717, 1.165) is 35.5 Å². The number of aromatic nitrogens is 3. The first-order chi connectivity index (χ1) is 8.09. The number of aryl methyl sites for hydroxylation is 2. The van der Waals surface area contributed by atoms with E-state index in [1.807, 2.05) is 30.9 Å². The van der Waals surface area contributed by atoms with E-state index >= 15 is 0 Å². The standard InChI is InChI=1S/C12H19N5/c1-9-11-10(13-7-8-16(2)3)5-6-14-12(11)17(4)15-9/h5-6H,7-8H2,1-4H3,(H,13,14). The number of pyridine rings is 1. The zero-order valence-corrected chi connectivity index (χ0v) is 10.9. The molecule has 92 valence electrons. The van der Waals surface area contributed by atoms with Crippen LogP contribution in [-0.2, 0) is 7.05 Å². The maximum absolute atomic E-state index is 4.40. The number of anilines is 1. The van der Waals surface area contributed by atoms with Crippen LogP contribution in [0, 0.1) is 6.92 Å². The molecule has 0 bridgehead atoms. The molecule has 0 radical (unpaired) electrons. The number of likely N-dealkylation sites (N-methyl/N-ethyl adjacent to an activating group) is 1. The summed E-state index contributed by atoms with van der Waals surface area (Å²) in [5, 5.41) is 8.96. The third-order valence-electron chi connectivity index (χ3n) is 2.77. The van der Waals surface area contributed by atoms with Gasteiger partial charge in [0.15, 0.2) is 5.65 Å². The Morgan fingerprint density at radius 3 is 2.88 bits per heavy atom. The maximum atomic E-state index is 4.40. The second-order valence-electron chi connectivity index (χ2n) is 4.50. The Bertz CT molecular complexity index is 515. The molecule has 0 spiro atoms. The van der Waals surface area contributed by atoms with E-state index in [-0.39, 0.29) is 0 Å². The van der Waals surface area contributed by atoms with Crippen LogP contribution in [0.4, 0.5) is 5.69 Å². The third-order valence-corrected chi connectivity index (χ3v) is 2.77. The van der Waals surface area contributed by atoms with Crippen molar-refractivity contribution in [2.45, 2.75) is 6.92 Å².